The van der Waals surface area contributed by atoms with Gasteiger partial charge in [0.2, 0.25) is 0 Å². The van der Waals surface area contributed by atoms with Crippen LogP contribution in [0.25, 0.3) is 11.1 Å². The third-order valence-electron chi connectivity index (χ3n) is 7.99. The number of methoxy groups -OCH3 is 1. The molecule has 6 heteroatoms. The lowest BCUT2D eigenvalue weighted by atomic mass is 9.80. The van der Waals surface area contributed by atoms with Gasteiger partial charge in [0.15, 0.2) is 0 Å². The number of rotatable bonds is 4. The van der Waals surface area contributed by atoms with E-state index in [1.165, 1.54) is 35.4 Å². The Balaban J connectivity index is 1.18. The molecular formula is C29H28FNO4. The molecule has 2 heterocycles. The lowest BCUT2D eigenvalue weighted by molar-refractivity contribution is -0.0551. The highest BCUT2D eigenvalue weighted by Crippen LogP contribution is 2.48. The molecule has 3 aromatic rings. The highest BCUT2D eigenvalue weighted by Gasteiger charge is 2.51. The molecule has 2 aliphatic heterocycles. The number of aliphatic hydroxyl groups is 1. The zero-order valence-corrected chi connectivity index (χ0v) is 19.6. The maximum Gasteiger partial charge on any atom is 0.410 e. The van der Waals surface area contributed by atoms with E-state index in [1.54, 1.807) is 17.0 Å². The standard InChI is InChI=1S/C29H28FNO4/c1-34-20-12-13-26(27(30)14-20)29(33)15-18-10-11-19(16-29)31(18)28(32)35-17-25-23-8-4-2-6-21(23)22-7-3-5-9-24(22)25/h2-9,12-14,18-19,25,33H,10-11,15-17H2,1H3. The molecule has 1 N–H and O–H groups in total. The van der Waals surface area contributed by atoms with Crippen LogP contribution in [0.3, 0.4) is 0 Å². The maximum absolute atomic E-state index is 14.8. The summed E-state index contributed by atoms with van der Waals surface area (Å²) in [6.07, 6.45) is 1.77. The van der Waals surface area contributed by atoms with Crippen molar-refractivity contribution in [1.82, 2.24) is 4.90 Å². The minimum atomic E-state index is -1.32. The molecule has 2 fully saturated rings. The average Bonchev–Trinajstić information content (AvgIpc) is 3.34. The summed E-state index contributed by atoms with van der Waals surface area (Å²) in [4.78, 5) is 15.0. The first-order valence-electron chi connectivity index (χ1n) is 12.2. The second-order valence-electron chi connectivity index (χ2n) is 9.88. The third-order valence-corrected chi connectivity index (χ3v) is 7.99. The number of nitrogens with zero attached hydrogens (tertiary/aromatic N) is 1. The quantitative estimate of drug-likeness (QED) is 0.536. The molecule has 2 bridgehead atoms. The van der Waals surface area contributed by atoms with Crippen molar-refractivity contribution in [3.05, 3.63) is 89.2 Å². The van der Waals surface area contributed by atoms with Crippen molar-refractivity contribution in [1.29, 1.82) is 0 Å². The van der Waals surface area contributed by atoms with E-state index in [4.69, 9.17) is 9.47 Å². The van der Waals surface area contributed by atoms with Crippen molar-refractivity contribution in [3.63, 3.8) is 0 Å². The molecule has 5 nitrogen and oxygen atoms in total. The minimum Gasteiger partial charge on any atom is -0.497 e. The summed E-state index contributed by atoms with van der Waals surface area (Å²) in [6.45, 7) is 0.264. The minimum absolute atomic E-state index is 0.000814. The molecule has 6 rings (SSSR count). The van der Waals surface area contributed by atoms with Gasteiger partial charge in [-0.25, -0.2) is 9.18 Å². The molecule has 0 radical (unpaired) electrons. The van der Waals surface area contributed by atoms with Gasteiger partial charge in [0.05, 0.1) is 12.7 Å². The summed E-state index contributed by atoms with van der Waals surface area (Å²) in [5, 5.41) is 11.4. The van der Waals surface area contributed by atoms with E-state index in [0.29, 0.717) is 5.75 Å². The lowest BCUT2D eigenvalue weighted by Gasteiger charge is -2.43. The van der Waals surface area contributed by atoms with Gasteiger partial charge in [-0.1, -0.05) is 48.5 Å². The first-order valence-corrected chi connectivity index (χ1v) is 12.2. The van der Waals surface area contributed by atoms with Gasteiger partial charge in [-0.3, -0.25) is 0 Å². The average molecular weight is 474 g/mol. The normalized spacial score (nSPS) is 24.7. The Hall–Kier alpha value is -3.38. The van der Waals surface area contributed by atoms with Crippen LogP contribution in [0.5, 0.6) is 5.75 Å². The zero-order valence-electron chi connectivity index (χ0n) is 19.6. The second-order valence-corrected chi connectivity index (χ2v) is 9.88. The molecule has 0 saturated carbocycles. The van der Waals surface area contributed by atoms with Gasteiger partial charge < -0.3 is 19.5 Å². The van der Waals surface area contributed by atoms with Crippen LogP contribution in [-0.2, 0) is 10.3 Å². The van der Waals surface area contributed by atoms with Crippen LogP contribution in [0, 0.1) is 5.82 Å². The predicted molar refractivity (Wildman–Crippen MR) is 130 cm³/mol. The van der Waals surface area contributed by atoms with Crippen molar-refractivity contribution in [2.24, 2.45) is 0 Å². The van der Waals surface area contributed by atoms with E-state index in [1.807, 2.05) is 24.3 Å². The van der Waals surface area contributed by atoms with E-state index in [-0.39, 0.29) is 49.1 Å². The van der Waals surface area contributed by atoms with E-state index < -0.39 is 11.4 Å². The Morgan fingerprint density at radius 3 is 2.17 bits per heavy atom. The fourth-order valence-corrected chi connectivity index (χ4v) is 6.41. The van der Waals surface area contributed by atoms with Crippen molar-refractivity contribution in [2.45, 2.75) is 49.3 Å². The van der Waals surface area contributed by atoms with E-state index in [9.17, 15) is 14.3 Å². The molecule has 0 aromatic heterocycles. The monoisotopic (exact) mass is 473 g/mol. The molecule has 3 aromatic carbocycles. The van der Waals surface area contributed by atoms with Crippen LogP contribution in [0.4, 0.5) is 9.18 Å². The topological polar surface area (TPSA) is 59.0 Å². The van der Waals surface area contributed by atoms with Crippen molar-refractivity contribution in [2.75, 3.05) is 13.7 Å². The molecule has 2 unspecified atom stereocenters. The SMILES string of the molecule is COc1ccc(C2(O)CC3CCC(C2)N3C(=O)OCC2c3ccccc3-c3ccccc32)c(F)c1. The Morgan fingerprint density at radius 2 is 1.60 bits per heavy atom. The van der Waals surface area contributed by atoms with E-state index >= 15 is 0 Å². The molecular weight excluding hydrogens is 445 g/mol. The highest BCUT2D eigenvalue weighted by molar-refractivity contribution is 5.79. The van der Waals surface area contributed by atoms with Crippen LogP contribution >= 0.6 is 0 Å². The van der Waals surface area contributed by atoms with Gasteiger partial charge in [-0.2, -0.15) is 0 Å². The lowest BCUT2D eigenvalue weighted by Crippen LogP contribution is -2.52. The Morgan fingerprint density at radius 1 is 1.00 bits per heavy atom. The number of carbonyl (C=O) groups excluding carboxylic acids is 1. The van der Waals surface area contributed by atoms with Gasteiger partial charge in [0.1, 0.15) is 18.2 Å². The van der Waals surface area contributed by atoms with Crippen molar-refractivity contribution >= 4 is 6.09 Å². The van der Waals surface area contributed by atoms with E-state index in [2.05, 4.69) is 24.3 Å². The smallest absolute Gasteiger partial charge is 0.410 e. The molecule has 1 amide bonds. The van der Waals surface area contributed by atoms with Crippen LogP contribution in [0.2, 0.25) is 0 Å². The van der Waals surface area contributed by atoms with Gasteiger partial charge in [-0.15, -0.1) is 0 Å². The molecule has 1 aliphatic carbocycles. The molecule has 0 spiro atoms. The predicted octanol–water partition coefficient (Wildman–Crippen LogP) is 5.60. The van der Waals surface area contributed by atoms with Crippen molar-refractivity contribution < 1.29 is 23.8 Å². The molecule has 2 saturated heterocycles. The summed E-state index contributed by atoms with van der Waals surface area (Å²) >= 11 is 0. The largest absolute Gasteiger partial charge is 0.497 e. The van der Waals surface area contributed by atoms with Crippen LogP contribution in [0.1, 0.15) is 48.3 Å². The fourth-order valence-electron chi connectivity index (χ4n) is 6.41. The number of hydrogen-bond acceptors (Lipinski definition) is 4. The maximum atomic E-state index is 14.8. The highest BCUT2D eigenvalue weighted by atomic mass is 19.1. The number of benzene rings is 3. The number of ether oxygens (including phenoxy) is 2. The molecule has 2 atom stereocenters. The number of carbonyl (C=O) groups is 1. The van der Waals surface area contributed by atoms with E-state index in [0.717, 1.165) is 12.8 Å². The summed E-state index contributed by atoms with van der Waals surface area (Å²) in [7, 11) is 1.48. The summed E-state index contributed by atoms with van der Waals surface area (Å²) < 4.78 is 25.8. The molecule has 180 valence electrons. The number of piperidine rings is 1. The number of amides is 1. The van der Waals surface area contributed by atoms with Gasteiger partial charge in [0.25, 0.3) is 0 Å². The Labute approximate surface area is 204 Å². The number of halogens is 1. The first kappa shape index (κ1) is 22.1. The summed E-state index contributed by atoms with van der Waals surface area (Å²) in [5.74, 6) is -0.0751. The first-order chi connectivity index (χ1) is 17.0. The van der Waals surface area contributed by atoms with Gasteiger partial charge in [-0.05, 0) is 47.2 Å². The summed E-state index contributed by atoms with van der Waals surface area (Å²) in [5.41, 5.74) is 3.67. The fraction of sp³-hybridized carbons (Fsp3) is 0.345. The van der Waals surface area contributed by atoms with Crippen LogP contribution in [0.15, 0.2) is 66.7 Å². The van der Waals surface area contributed by atoms with Gasteiger partial charge in [0, 0.05) is 42.5 Å². The number of fused-ring (bicyclic) bond motifs is 5. The Bertz CT molecular complexity index is 1230. The zero-order chi connectivity index (χ0) is 24.2. The van der Waals surface area contributed by atoms with Crippen molar-refractivity contribution in [3.8, 4) is 16.9 Å². The second kappa shape index (κ2) is 8.38. The molecule has 35 heavy (non-hydrogen) atoms. The Kier molecular flexibility index (Phi) is 5.29. The van der Waals surface area contributed by atoms with Gasteiger partial charge >= 0.3 is 6.09 Å². The third kappa shape index (κ3) is 3.59. The molecule has 3 aliphatic rings. The van der Waals surface area contributed by atoms with Crippen LogP contribution < -0.4 is 4.74 Å². The summed E-state index contributed by atoms with van der Waals surface area (Å²) in [6, 6.07) is 20.7. The number of hydrogen-bond donors (Lipinski definition) is 1. The van der Waals surface area contributed by atoms with Crippen LogP contribution in [-0.4, -0.2) is 41.9 Å².